The molecule has 2 N–H and O–H groups in total. The molecule has 0 atom stereocenters. The maximum Gasteiger partial charge on any atom is 0.161 e. The maximum absolute atomic E-state index is 12.0. The number of para-hydroxylation sites is 1. The lowest BCUT2D eigenvalue weighted by Gasteiger charge is -2.19. The van der Waals surface area contributed by atoms with Gasteiger partial charge < -0.3 is 5.32 Å². The van der Waals surface area contributed by atoms with E-state index < -0.39 is 0 Å². The van der Waals surface area contributed by atoms with Gasteiger partial charge in [0.1, 0.15) is 11.6 Å². The van der Waals surface area contributed by atoms with Crippen LogP contribution in [0.5, 0.6) is 0 Å². The van der Waals surface area contributed by atoms with E-state index in [-0.39, 0.29) is 5.78 Å². The summed E-state index contributed by atoms with van der Waals surface area (Å²) < 4.78 is 0. The Hall–Kier alpha value is -3.54. The first-order valence-electron chi connectivity index (χ1n) is 8.95. The van der Waals surface area contributed by atoms with Crippen molar-refractivity contribution in [3.05, 3.63) is 65.9 Å². The van der Waals surface area contributed by atoms with Gasteiger partial charge in [-0.05, 0) is 18.6 Å². The average molecular weight is 355 g/mol. The molecule has 0 spiro atoms. The van der Waals surface area contributed by atoms with Crippen LogP contribution in [0.3, 0.4) is 0 Å². The van der Waals surface area contributed by atoms with Crippen LogP contribution in [0.1, 0.15) is 17.7 Å². The number of aromatic nitrogens is 4. The fourth-order valence-corrected chi connectivity index (χ4v) is 3.47. The highest BCUT2D eigenvalue weighted by molar-refractivity contribution is 5.91. The van der Waals surface area contributed by atoms with E-state index >= 15 is 0 Å². The fraction of sp³-hybridized carbons (Fsp3) is 0.143. The number of nitrogens with zero attached hydrogens (tertiary/aromatic N) is 3. The molecule has 6 nitrogen and oxygen atoms in total. The summed E-state index contributed by atoms with van der Waals surface area (Å²) in [4.78, 5) is 21.4. The summed E-state index contributed by atoms with van der Waals surface area (Å²) >= 11 is 0. The van der Waals surface area contributed by atoms with Gasteiger partial charge in [-0.1, -0.05) is 42.5 Å². The Morgan fingerprint density at radius 3 is 2.59 bits per heavy atom. The number of hydrogen-bond acceptors (Lipinski definition) is 5. The summed E-state index contributed by atoms with van der Waals surface area (Å²) in [6.45, 7) is 0. The molecule has 0 saturated heterocycles. The summed E-state index contributed by atoms with van der Waals surface area (Å²) in [5.41, 5.74) is 3.69. The van der Waals surface area contributed by atoms with Crippen molar-refractivity contribution in [2.24, 2.45) is 0 Å². The van der Waals surface area contributed by atoms with Crippen LogP contribution < -0.4 is 5.32 Å². The molecule has 6 heteroatoms. The highest BCUT2D eigenvalue weighted by Gasteiger charge is 2.23. The molecule has 0 unspecified atom stereocenters. The Morgan fingerprint density at radius 1 is 0.889 bits per heavy atom. The number of anilines is 2. The molecule has 5 rings (SSSR count). The average Bonchev–Trinajstić information content (AvgIpc) is 3.11. The van der Waals surface area contributed by atoms with Crippen molar-refractivity contribution in [3.63, 3.8) is 0 Å². The van der Waals surface area contributed by atoms with Gasteiger partial charge in [-0.15, -0.1) is 0 Å². The second-order valence-electron chi connectivity index (χ2n) is 6.65. The smallest absolute Gasteiger partial charge is 0.161 e. The first-order chi connectivity index (χ1) is 13.3. The highest BCUT2D eigenvalue weighted by Crippen LogP contribution is 2.31. The molecule has 27 heavy (non-hydrogen) atoms. The molecule has 0 saturated carbocycles. The predicted octanol–water partition coefficient (Wildman–Crippen LogP) is 3.82. The zero-order valence-electron chi connectivity index (χ0n) is 14.6. The third-order valence-electron chi connectivity index (χ3n) is 4.85. The Balaban J connectivity index is 1.64. The first-order valence-corrected chi connectivity index (χ1v) is 8.95. The minimum atomic E-state index is 0.219. The molecule has 1 aliphatic carbocycles. The zero-order chi connectivity index (χ0) is 18.2. The van der Waals surface area contributed by atoms with Gasteiger partial charge in [0.25, 0.3) is 0 Å². The van der Waals surface area contributed by atoms with Crippen molar-refractivity contribution < 1.29 is 4.79 Å². The van der Waals surface area contributed by atoms with E-state index in [0.29, 0.717) is 25.1 Å². The molecule has 0 fully saturated rings. The van der Waals surface area contributed by atoms with E-state index in [1.165, 1.54) is 0 Å². The largest absolute Gasteiger partial charge is 0.323 e. The number of nitrogens with one attached hydrogen (secondary N) is 2. The van der Waals surface area contributed by atoms with Gasteiger partial charge in [0.2, 0.25) is 0 Å². The Bertz CT molecular complexity index is 1150. The van der Waals surface area contributed by atoms with Gasteiger partial charge in [-0.3, -0.25) is 9.89 Å². The number of Topliss-reactive ketones (excluding diaryl/α,β-unsaturated/α-hetero) is 1. The Morgan fingerprint density at radius 2 is 1.70 bits per heavy atom. The number of hydrogen-bond donors (Lipinski definition) is 2. The Labute approximate surface area is 155 Å². The van der Waals surface area contributed by atoms with Crippen molar-refractivity contribution in [3.8, 4) is 11.4 Å². The number of benzene rings is 2. The van der Waals surface area contributed by atoms with Crippen LogP contribution >= 0.6 is 0 Å². The normalized spacial score (nSPS) is 13.6. The molecule has 0 radical (unpaired) electrons. The molecular weight excluding hydrogens is 338 g/mol. The molecule has 2 heterocycles. The van der Waals surface area contributed by atoms with Crippen LogP contribution in [0.15, 0.2) is 54.6 Å². The lowest BCUT2D eigenvalue weighted by molar-refractivity contribution is -0.118. The third kappa shape index (κ3) is 2.85. The molecule has 2 aromatic carbocycles. The number of carbonyl (C=O) groups excluding carboxylic acids is 1. The lowest BCUT2D eigenvalue weighted by atomic mass is 9.95. The summed E-state index contributed by atoms with van der Waals surface area (Å²) in [5, 5.41) is 11.8. The van der Waals surface area contributed by atoms with Gasteiger partial charge in [0.15, 0.2) is 11.6 Å². The fourth-order valence-electron chi connectivity index (χ4n) is 3.47. The Kier molecular flexibility index (Phi) is 3.67. The number of H-pyrrole nitrogens is 1. The summed E-state index contributed by atoms with van der Waals surface area (Å²) in [7, 11) is 0. The predicted molar refractivity (Wildman–Crippen MR) is 104 cm³/mol. The third-order valence-corrected chi connectivity index (χ3v) is 4.85. The second-order valence-corrected chi connectivity index (χ2v) is 6.65. The van der Waals surface area contributed by atoms with E-state index in [1.54, 1.807) is 0 Å². The maximum atomic E-state index is 12.0. The van der Waals surface area contributed by atoms with Gasteiger partial charge in [0, 0.05) is 29.4 Å². The number of fused-ring (bicyclic) bond motifs is 2. The van der Waals surface area contributed by atoms with Crippen LogP contribution in [-0.2, 0) is 17.6 Å². The van der Waals surface area contributed by atoms with Crippen LogP contribution in [0.4, 0.5) is 11.6 Å². The summed E-state index contributed by atoms with van der Waals surface area (Å²) in [6.07, 6.45) is 1.53. The van der Waals surface area contributed by atoms with E-state index in [2.05, 4.69) is 20.5 Å². The summed E-state index contributed by atoms with van der Waals surface area (Å²) in [5.74, 6) is 2.29. The van der Waals surface area contributed by atoms with Crippen LogP contribution in [0, 0.1) is 0 Å². The topological polar surface area (TPSA) is 83.6 Å². The zero-order valence-corrected chi connectivity index (χ0v) is 14.6. The quantitative estimate of drug-likeness (QED) is 0.584. The van der Waals surface area contributed by atoms with E-state index in [1.807, 2.05) is 54.6 Å². The lowest BCUT2D eigenvalue weighted by Crippen LogP contribution is -2.18. The SMILES string of the molecule is O=C1CCc2c(nc(-c3ccccc3)nc2Nc2n[nH]c3ccccc23)C1. The molecule has 0 aliphatic heterocycles. The van der Waals surface area contributed by atoms with E-state index in [9.17, 15) is 4.79 Å². The standard InChI is InChI=1S/C21H17N5O/c27-14-10-11-16-18(12-14)22-19(13-6-2-1-3-7-13)23-20(16)24-21-15-8-4-5-9-17(15)25-26-21/h1-9H,10-12H2,(H2,22,23,24,25,26). The van der Waals surface area contributed by atoms with E-state index in [0.717, 1.165) is 39.4 Å². The molecule has 2 aromatic heterocycles. The van der Waals surface area contributed by atoms with E-state index in [4.69, 9.17) is 4.98 Å². The first kappa shape index (κ1) is 15.7. The number of ketones is 1. The number of rotatable bonds is 3. The van der Waals surface area contributed by atoms with Crippen molar-refractivity contribution in [2.45, 2.75) is 19.3 Å². The van der Waals surface area contributed by atoms with Crippen LogP contribution in [0.2, 0.25) is 0 Å². The molecule has 0 amide bonds. The minimum Gasteiger partial charge on any atom is -0.323 e. The number of aromatic amines is 1. The molecular formula is C21H17N5O. The minimum absolute atomic E-state index is 0.219. The van der Waals surface area contributed by atoms with Crippen molar-refractivity contribution in [2.75, 3.05) is 5.32 Å². The van der Waals surface area contributed by atoms with Gasteiger partial charge in [-0.25, -0.2) is 9.97 Å². The van der Waals surface area contributed by atoms with Crippen molar-refractivity contribution in [1.29, 1.82) is 0 Å². The van der Waals surface area contributed by atoms with Gasteiger partial charge >= 0.3 is 0 Å². The van der Waals surface area contributed by atoms with Crippen LogP contribution in [0.25, 0.3) is 22.3 Å². The van der Waals surface area contributed by atoms with Crippen LogP contribution in [-0.4, -0.2) is 25.9 Å². The molecule has 0 bridgehead atoms. The van der Waals surface area contributed by atoms with Gasteiger partial charge in [0.05, 0.1) is 11.2 Å². The molecule has 1 aliphatic rings. The molecule has 4 aromatic rings. The van der Waals surface area contributed by atoms with Crippen molar-refractivity contribution >= 4 is 28.3 Å². The second kappa shape index (κ2) is 6.32. The van der Waals surface area contributed by atoms with Crippen molar-refractivity contribution in [1.82, 2.24) is 20.2 Å². The summed E-state index contributed by atoms with van der Waals surface area (Å²) in [6, 6.07) is 17.8. The monoisotopic (exact) mass is 355 g/mol. The highest BCUT2D eigenvalue weighted by atomic mass is 16.1. The molecule has 132 valence electrons. The van der Waals surface area contributed by atoms with Gasteiger partial charge in [-0.2, -0.15) is 5.10 Å². The number of carbonyl (C=O) groups is 1.